The van der Waals surface area contributed by atoms with E-state index in [1.165, 1.54) is 0 Å². The van der Waals surface area contributed by atoms with E-state index in [0.717, 1.165) is 22.6 Å². The fourth-order valence-corrected chi connectivity index (χ4v) is 3.57. The smallest absolute Gasteiger partial charge is 0.239 e. The minimum atomic E-state index is -0.430. The third-order valence-electron chi connectivity index (χ3n) is 4.80. The van der Waals surface area contributed by atoms with Gasteiger partial charge in [-0.2, -0.15) is 5.26 Å². The number of aryl methyl sites for hydroxylation is 2. The molecule has 1 aliphatic rings. The first-order chi connectivity index (χ1) is 12.5. The fourth-order valence-electron chi connectivity index (χ4n) is 3.57. The summed E-state index contributed by atoms with van der Waals surface area (Å²) in [5.41, 5.74) is 9.06. The number of piperazine rings is 1. The van der Waals surface area contributed by atoms with Crippen LogP contribution in [0.2, 0.25) is 0 Å². The van der Waals surface area contributed by atoms with Gasteiger partial charge < -0.3 is 10.6 Å². The number of nitrogens with two attached hydrogens (primary N) is 1. The summed E-state index contributed by atoms with van der Waals surface area (Å²) in [7, 11) is 0. The molecule has 3 rings (SSSR count). The van der Waals surface area contributed by atoms with Gasteiger partial charge in [-0.1, -0.05) is 30.3 Å². The number of carbonyl (C=O) groups excluding carboxylic acids is 1. The summed E-state index contributed by atoms with van der Waals surface area (Å²) in [5, 5.41) is 9.49. The number of benzene rings is 1. The third-order valence-corrected chi connectivity index (χ3v) is 4.80. The van der Waals surface area contributed by atoms with Crippen LogP contribution in [-0.4, -0.2) is 42.0 Å². The van der Waals surface area contributed by atoms with Crippen LogP contribution in [-0.2, 0) is 4.79 Å². The second-order valence-electron chi connectivity index (χ2n) is 6.63. The van der Waals surface area contributed by atoms with Gasteiger partial charge in [0.05, 0.1) is 5.56 Å². The Bertz CT molecular complexity index is 835. The van der Waals surface area contributed by atoms with Crippen molar-refractivity contribution >= 4 is 11.7 Å². The van der Waals surface area contributed by atoms with Crippen molar-refractivity contribution in [2.45, 2.75) is 19.9 Å². The molecule has 6 heteroatoms. The molecule has 0 bridgehead atoms. The highest BCUT2D eigenvalue weighted by Crippen LogP contribution is 2.26. The molecule has 6 nitrogen and oxygen atoms in total. The Morgan fingerprint density at radius 1 is 1.19 bits per heavy atom. The molecule has 2 N–H and O–H groups in total. The van der Waals surface area contributed by atoms with Crippen LogP contribution in [0.15, 0.2) is 36.4 Å². The van der Waals surface area contributed by atoms with Gasteiger partial charge in [-0.15, -0.1) is 0 Å². The molecule has 134 valence electrons. The number of nitriles is 1. The van der Waals surface area contributed by atoms with Crippen molar-refractivity contribution in [3.63, 3.8) is 0 Å². The first-order valence-electron chi connectivity index (χ1n) is 8.73. The predicted octanol–water partition coefficient (Wildman–Crippen LogP) is 1.92. The van der Waals surface area contributed by atoms with E-state index in [2.05, 4.69) is 20.9 Å². The molecule has 0 saturated carbocycles. The van der Waals surface area contributed by atoms with Gasteiger partial charge >= 0.3 is 0 Å². The van der Waals surface area contributed by atoms with Gasteiger partial charge in [0, 0.05) is 31.9 Å². The quantitative estimate of drug-likeness (QED) is 0.911. The molecule has 1 amide bonds. The van der Waals surface area contributed by atoms with Crippen LogP contribution in [0.5, 0.6) is 0 Å². The van der Waals surface area contributed by atoms with Gasteiger partial charge in [-0.05, 0) is 31.0 Å². The van der Waals surface area contributed by atoms with Crippen molar-refractivity contribution in [2.75, 3.05) is 31.1 Å². The lowest BCUT2D eigenvalue weighted by Crippen LogP contribution is -2.50. The molecule has 1 aliphatic heterocycles. The minimum absolute atomic E-state index is 0.341. The SMILES string of the molecule is Cc1cc(C)c(C#N)c(N2CCN([C@@H](C(N)=O)c3ccccc3)CC2)n1. The molecular weight excluding hydrogens is 326 g/mol. The van der Waals surface area contributed by atoms with E-state index in [9.17, 15) is 10.1 Å². The normalized spacial score (nSPS) is 16.1. The largest absolute Gasteiger partial charge is 0.368 e. The van der Waals surface area contributed by atoms with Crippen LogP contribution >= 0.6 is 0 Å². The molecular formula is C20H23N5O. The summed E-state index contributed by atoms with van der Waals surface area (Å²) < 4.78 is 0. The van der Waals surface area contributed by atoms with Crippen LogP contribution in [0.4, 0.5) is 5.82 Å². The Morgan fingerprint density at radius 3 is 2.42 bits per heavy atom. The second kappa shape index (κ2) is 7.54. The summed E-state index contributed by atoms with van der Waals surface area (Å²) in [6.45, 7) is 6.63. The summed E-state index contributed by atoms with van der Waals surface area (Å²) in [5.74, 6) is 0.395. The lowest BCUT2D eigenvalue weighted by Gasteiger charge is -2.39. The molecule has 0 radical (unpaired) electrons. The van der Waals surface area contributed by atoms with E-state index in [1.807, 2.05) is 50.2 Å². The second-order valence-corrected chi connectivity index (χ2v) is 6.63. The zero-order valence-electron chi connectivity index (χ0n) is 15.1. The number of carbonyl (C=O) groups is 1. The van der Waals surface area contributed by atoms with Gasteiger partial charge in [-0.3, -0.25) is 9.69 Å². The van der Waals surface area contributed by atoms with Crippen LogP contribution < -0.4 is 10.6 Å². The number of pyridine rings is 1. The highest BCUT2D eigenvalue weighted by Gasteiger charge is 2.30. The van der Waals surface area contributed by atoms with E-state index in [-0.39, 0.29) is 5.91 Å². The molecule has 0 spiro atoms. The van der Waals surface area contributed by atoms with Crippen LogP contribution in [0, 0.1) is 25.2 Å². The van der Waals surface area contributed by atoms with Gasteiger partial charge in [0.2, 0.25) is 5.91 Å². The molecule has 26 heavy (non-hydrogen) atoms. The van der Waals surface area contributed by atoms with Crippen molar-refractivity contribution in [2.24, 2.45) is 5.73 Å². The number of aromatic nitrogens is 1. The number of nitrogens with zero attached hydrogens (tertiary/aromatic N) is 4. The predicted molar refractivity (Wildman–Crippen MR) is 101 cm³/mol. The molecule has 1 fully saturated rings. The molecule has 2 heterocycles. The van der Waals surface area contributed by atoms with Gasteiger partial charge in [-0.25, -0.2) is 4.98 Å². The van der Waals surface area contributed by atoms with E-state index in [1.54, 1.807) is 0 Å². The molecule has 1 atom stereocenters. The topological polar surface area (TPSA) is 86.3 Å². The highest BCUT2D eigenvalue weighted by atomic mass is 16.1. The highest BCUT2D eigenvalue weighted by molar-refractivity contribution is 5.81. The third kappa shape index (κ3) is 3.53. The van der Waals surface area contributed by atoms with Crippen LogP contribution in [0.3, 0.4) is 0 Å². The molecule has 2 aromatic rings. The summed E-state index contributed by atoms with van der Waals surface area (Å²) in [6, 6.07) is 13.4. The van der Waals surface area contributed by atoms with Gasteiger partial charge in [0.15, 0.2) is 0 Å². The van der Waals surface area contributed by atoms with Gasteiger partial charge in [0.25, 0.3) is 0 Å². The Kier molecular flexibility index (Phi) is 5.19. The molecule has 0 unspecified atom stereocenters. The number of rotatable bonds is 4. The van der Waals surface area contributed by atoms with E-state index < -0.39 is 6.04 Å². The first-order valence-corrected chi connectivity index (χ1v) is 8.73. The van der Waals surface area contributed by atoms with Crippen molar-refractivity contribution in [1.29, 1.82) is 5.26 Å². The van der Waals surface area contributed by atoms with Gasteiger partial charge in [0.1, 0.15) is 17.9 Å². The molecule has 1 aromatic heterocycles. The van der Waals surface area contributed by atoms with E-state index in [4.69, 9.17) is 5.73 Å². The summed E-state index contributed by atoms with van der Waals surface area (Å²) in [4.78, 5) is 20.9. The van der Waals surface area contributed by atoms with E-state index >= 15 is 0 Å². The maximum Gasteiger partial charge on any atom is 0.239 e. The van der Waals surface area contributed by atoms with Crippen molar-refractivity contribution in [1.82, 2.24) is 9.88 Å². The molecule has 1 aromatic carbocycles. The Morgan fingerprint density at radius 2 is 1.85 bits per heavy atom. The minimum Gasteiger partial charge on any atom is -0.368 e. The first kappa shape index (κ1) is 17.9. The zero-order valence-corrected chi connectivity index (χ0v) is 15.1. The van der Waals surface area contributed by atoms with Crippen molar-refractivity contribution in [3.8, 4) is 6.07 Å². The number of anilines is 1. The maximum atomic E-state index is 12.1. The number of hydrogen-bond donors (Lipinski definition) is 1. The maximum absolute atomic E-state index is 12.1. The number of hydrogen-bond acceptors (Lipinski definition) is 5. The number of primary amides is 1. The average molecular weight is 349 g/mol. The number of amides is 1. The Hall–Kier alpha value is -2.91. The Labute approximate surface area is 153 Å². The van der Waals surface area contributed by atoms with Crippen LogP contribution in [0.25, 0.3) is 0 Å². The monoisotopic (exact) mass is 349 g/mol. The standard InChI is InChI=1S/C20H23N5O/c1-14-12-15(2)23-20(17(14)13-21)25-10-8-24(9-11-25)18(19(22)26)16-6-4-3-5-7-16/h3-7,12,18H,8-11H2,1-2H3,(H2,22,26)/t18-/m1/s1. The zero-order chi connectivity index (χ0) is 18.7. The van der Waals surface area contributed by atoms with Crippen molar-refractivity contribution in [3.05, 3.63) is 58.8 Å². The lowest BCUT2D eigenvalue weighted by atomic mass is 10.0. The summed E-state index contributed by atoms with van der Waals surface area (Å²) in [6.07, 6.45) is 0. The average Bonchev–Trinajstić information content (AvgIpc) is 2.62. The van der Waals surface area contributed by atoms with Crippen LogP contribution in [0.1, 0.15) is 28.4 Å². The summed E-state index contributed by atoms with van der Waals surface area (Å²) >= 11 is 0. The van der Waals surface area contributed by atoms with E-state index in [0.29, 0.717) is 31.7 Å². The molecule has 1 saturated heterocycles. The Balaban J connectivity index is 1.79. The molecule has 0 aliphatic carbocycles. The van der Waals surface area contributed by atoms with Crippen molar-refractivity contribution < 1.29 is 4.79 Å². The fraction of sp³-hybridized carbons (Fsp3) is 0.350. The lowest BCUT2D eigenvalue weighted by molar-refractivity contribution is -0.123.